The number of hydrogen-bond acceptors (Lipinski definition) is 6. The molecule has 0 saturated carbocycles. The van der Waals surface area contributed by atoms with Gasteiger partial charge in [0.2, 0.25) is 0 Å². The number of nitrogens with one attached hydrogen (secondary N) is 1. The quantitative estimate of drug-likeness (QED) is 0.754. The van der Waals surface area contributed by atoms with Crippen LogP contribution < -0.4 is 5.32 Å². The van der Waals surface area contributed by atoms with Gasteiger partial charge < -0.3 is 4.74 Å². The SMILES string of the molecule is CCOC(=O)CNCc1nnnn1-c1ccccc1. The summed E-state index contributed by atoms with van der Waals surface area (Å²) < 4.78 is 6.44. The third-order valence-electron chi connectivity index (χ3n) is 2.39. The molecule has 0 atom stereocenters. The molecule has 0 radical (unpaired) electrons. The molecule has 1 aromatic carbocycles. The van der Waals surface area contributed by atoms with Crippen molar-refractivity contribution in [1.29, 1.82) is 0 Å². The van der Waals surface area contributed by atoms with E-state index in [4.69, 9.17) is 4.74 Å². The van der Waals surface area contributed by atoms with Crippen molar-refractivity contribution in [2.24, 2.45) is 0 Å². The second kappa shape index (κ2) is 6.60. The van der Waals surface area contributed by atoms with E-state index in [0.29, 0.717) is 19.0 Å². The van der Waals surface area contributed by atoms with Crippen LogP contribution in [0, 0.1) is 0 Å². The van der Waals surface area contributed by atoms with Crippen LogP contribution in [0.25, 0.3) is 5.69 Å². The Hall–Kier alpha value is -2.28. The lowest BCUT2D eigenvalue weighted by Gasteiger charge is -2.05. The highest BCUT2D eigenvalue weighted by Gasteiger charge is 2.08. The zero-order valence-electron chi connectivity index (χ0n) is 10.6. The third kappa shape index (κ3) is 3.59. The van der Waals surface area contributed by atoms with Crippen molar-refractivity contribution in [3.63, 3.8) is 0 Å². The number of hydrogen-bond donors (Lipinski definition) is 1. The Kier molecular flexibility index (Phi) is 4.57. The van der Waals surface area contributed by atoms with Crippen molar-refractivity contribution in [1.82, 2.24) is 25.5 Å². The Morgan fingerprint density at radius 1 is 1.37 bits per heavy atom. The summed E-state index contributed by atoms with van der Waals surface area (Å²) in [6, 6.07) is 9.56. The van der Waals surface area contributed by atoms with Crippen LogP contribution in [0.2, 0.25) is 0 Å². The van der Waals surface area contributed by atoms with Crippen LogP contribution in [0.1, 0.15) is 12.7 Å². The molecule has 0 amide bonds. The zero-order valence-corrected chi connectivity index (χ0v) is 10.6. The van der Waals surface area contributed by atoms with Crippen molar-refractivity contribution in [3.05, 3.63) is 36.2 Å². The van der Waals surface area contributed by atoms with Crippen molar-refractivity contribution in [2.75, 3.05) is 13.2 Å². The molecular weight excluding hydrogens is 246 g/mol. The number of esters is 1. The van der Waals surface area contributed by atoms with Gasteiger partial charge in [-0.15, -0.1) is 5.10 Å². The van der Waals surface area contributed by atoms with Crippen molar-refractivity contribution in [3.8, 4) is 5.69 Å². The van der Waals surface area contributed by atoms with E-state index in [1.54, 1.807) is 11.6 Å². The van der Waals surface area contributed by atoms with Gasteiger partial charge in [-0.2, -0.15) is 4.68 Å². The minimum atomic E-state index is -0.291. The lowest BCUT2D eigenvalue weighted by atomic mass is 10.3. The van der Waals surface area contributed by atoms with Crippen LogP contribution >= 0.6 is 0 Å². The molecule has 0 bridgehead atoms. The molecule has 1 N–H and O–H groups in total. The van der Waals surface area contributed by atoms with Gasteiger partial charge in [0.25, 0.3) is 0 Å². The smallest absolute Gasteiger partial charge is 0.319 e. The number of carbonyl (C=O) groups is 1. The standard InChI is InChI=1S/C12H15N5O2/c1-2-19-12(18)9-13-8-11-14-15-16-17(11)10-6-4-3-5-7-10/h3-7,13H,2,8-9H2,1H3. The van der Waals surface area contributed by atoms with Crippen LogP contribution in [0.3, 0.4) is 0 Å². The van der Waals surface area contributed by atoms with E-state index in [1.807, 2.05) is 30.3 Å². The Balaban J connectivity index is 1.95. The molecule has 1 heterocycles. The molecule has 7 nitrogen and oxygen atoms in total. The number of aromatic nitrogens is 4. The zero-order chi connectivity index (χ0) is 13.5. The fraction of sp³-hybridized carbons (Fsp3) is 0.333. The van der Waals surface area contributed by atoms with Crippen LogP contribution in [0.4, 0.5) is 0 Å². The summed E-state index contributed by atoms with van der Waals surface area (Å²) in [5.74, 6) is 0.344. The maximum absolute atomic E-state index is 11.2. The lowest BCUT2D eigenvalue weighted by molar-refractivity contribution is -0.142. The largest absolute Gasteiger partial charge is 0.465 e. The maximum Gasteiger partial charge on any atom is 0.319 e. The van der Waals surface area contributed by atoms with E-state index < -0.39 is 0 Å². The normalized spacial score (nSPS) is 10.4. The van der Waals surface area contributed by atoms with E-state index in [2.05, 4.69) is 20.8 Å². The van der Waals surface area contributed by atoms with Gasteiger partial charge in [-0.3, -0.25) is 10.1 Å². The van der Waals surface area contributed by atoms with Crippen LogP contribution in [0.15, 0.2) is 30.3 Å². The molecule has 0 aliphatic rings. The first-order valence-corrected chi connectivity index (χ1v) is 6.00. The second-order valence-electron chi connectivity index (χ2n) is 3.75. The summed E-state index contributed by atoms with van der Waals surface area (Å²) in [6.45, 7) is 2.67. The molecule has 19 heavy (non-hydrogen) atoms. The van der Waals surface area contributed by atoms with E-state index in [0.717, 1.165) is 5.69 Å². The molecule has 1 aromatic heterocycles. The number of ether oxygens (including phenoxy) is 1. The Morgan fingerprint density at radius 3 is 2.89 bits per heavy atom. The summed E-state index contributed by atoms with van der Waals surface area (Å²) in [5.41, 5.74) is 0.875. The van der Waals surface area contributed by atoms with E-state index in [-0.39, 0.29) is 12.5 Å². The van der Waals surface area contributed by atoms with Gasteiger partial charge in [-0.1, -0.05) is 18.2 Å². The summed E-state index contributed by atoms with van der Waals surface area (Å²) >= 11 is 0. The summed E-state index contributed by atoms with van der Waals surface area (Å²) in [4.78, 5) is 11.2. The van der Waals surface area contributed by atoms with Crippen molar-refractivity contribution in [2.45, 2.75) is 13.5 Å². The molecule has 0 spiro atoms. The van der Waals surface area contributed by atoms with Gasteiger partial charge >= 0.3 is 5.97 Å². The van der Waals surface area contributed by atoms with Gasteiger partial charge in [-0.25, -0.2) is 0 Å². The first kappa shape index (κ1) is 13.2. The van der Waals surface area contributed by atoms with Gasteiger partial charge in [0.1, 0.15) is 0 Å². The predicted octanol–water partition coefficient (Wildman–Crippen LogP) is 0.315. The number of nitrogens with zero attached hydrogens (tertiary/aromatic N) is 4. The fourth-order valence-electron chi connectivity index (χ4n) is 1.57. The number of benzene rings is 1. The molecule has 0 saturated heterocycles. The molecule has 0 unspecified atom stereocenters. The Morgan fingerprint density at radius 2 is 2.16 bits per heavy atom. The summed E-state index contributed by atoms with van der Waals surface area (Å²) in [7, 11) is 0. The third-order valence-corrected chi connectivity index (χ3v) is 2.39. The number of rotatable bonds is 6. The Labute approximate surface area is 110 Å². The van der Waals surface area contributed by atoms with Gasteiger partial charge in [0.15, 0.2) is 5.82 Å². The number of carbonyl (C=O) groups excluding carboxylic acids is 1. The minimum Gasteiger partial charge on any atom is -0.465 e. The first-order chi connectivity index (χ1) is 9.31. The van der Waals surface area contributed by atoms with Crippen LogP contribution in [-0.4, -0.2) is 39.3 Å². The van der Waals surface area contributed by atoms with Crippen LogP contribution in [0.5, 0.6) is 0 Å². The highest BCUT2D eigenvalue weighted by molar-refractivity contribution is 5.71. The Bertz CT molecular complexity index is 526. The lowest BCUT2D eigenvalue weighted by Crippen LogP contribution is -2.25. The average Bonchev–Trinajstić information content (AvgIpc) is 2.88. The van der Waals surface area contributed by atoms with Gasteiger partial charge in [0, 0.05) is 0 Å². The monoisotopic (exact) mass is 261 g/mol. The molecule has 0 aliphatic heterocycles. The highest BCUT2D eigenvalue weighted by Crippen LogP contribution is 2.06. The fourth-order valence-corrected chi connectivity index (χ4v) is 1.57. The van der Waals surface area contributed by atoms with E-state index >= 15 is 0 Å². The maximum atomic E-state index is 11.2. The minimum absolute atomic E-state index is 0.134. The number of para-hydroxylation sites is 1. The summed E-state index contributed by atoms with van der Waals surface area (Å²) in [5, 5.41) is 14.4. The molecular formula is C12H15N5O2. The van der Waals surface area contributed by atoms with Gasteiger partial charge in [-0.05, 0) is 29.5 Å². The van der Waals surface area contributed by atoms with Crippen LogP contribution in [-0.2, 0) is 16.1 Å². The predicted molar refractivity (Wildman–Crippen MR) is 67.5 cm³/mol. The number of tetrazole rings is 1. The highest BCUT2D eigenvalue weighted by atomic mass is 16.5. The van der Waals surface area contributed by atoms with Crippen molar-refractivity contribution < 1.29 is 9.53 Å². The molecule has 7 heteroatoms. The molecule has 0 fully saturated rings. The topological polar surface area (TPSA) is 81.9 Å². The summed E-state index contributed by atoms with van der Waals surface area (Å²) in [6.07, 6.45) is 0. The molecule has 2 rings (SSSR count). The first-order valence-electron chi connectivity index (χ1n) is 6.00. The van der Waals surface area contributed by atoms with E-state index in [1.165, 1.54) is 0 Å². The second-order valence-corrected chi connectivity index (χ2v) is 3.75. The molecule has 0 aliphatic carbocycles. The average molecular weight is 261 g/mol. The van der Waals surface area contributed by atoms with Gasteiger partial charge in [0.05, 0.1) is 25.4 Å². The molecule has 100 valence electrons. The molecule has 2 aromatic rings. The van der Waals surface area contributed by atoms with E-state index in [9.17, 15) is 4.79 Å². The van der Waals surface area contributed by atoms with Crippen molar-refractivity contribution >= 4 is 5.97 Å².